The van der Waals surface area contributed by atoms with Gasteiger partial charge in [-0.1, -0.05) is 11.8 Å². The van der Waals surface area contributed by atoms with Crippen molar-refractivity contribution in [1.82, 2.24) is 14.8 Å². The molecule has 0 saturated heterocycles. The van der Waals surface area contributed by atoms with E-state index in [1.54, 1.807) is 24.6 Å². The largest absolute Gasteiger partial charge is 0.486 e. The Balaban J connectivity index is 2.02. The molecule has 0 spiro atoms. The van der Waals surface area contributed by atoms with E-state index in [9.17, 15) is 14.9 Å². The van der Waals surface area contributed by atoms with Gasteiger partial charge in [-0.3, -0.25) is 14.9 Å². The summed E-state index contributed by atoms with van der Waals surface area (Å²) in [6.07, 6.45) is 0. The molecule has 9 nitrogen and oxygen atoms in total. The zero-order chi connectivity index (χ0) is 17.0. The number of nitro groups is 1. The van der Waals surface area contributed by atoms with Crippen LogP contribution in [0, 0.1) is 17.0 Å². The fourth-order valence-electron chi connectivity index (χ4n) is 1.79. The van der Waals surface area contributed by atoms with Crippen molar-refractivity contribution < 1.29 is 19.6 Å². The van der Waals surface area contributed by atoms with Gasteiger partial charge >= 0.3 is 5.97 Å². The summed E-state index contributed by atoms with van der Waals surface area (Å²) in [5, 5.41) is 27.7. The van der Waals surface area contributed by atoms with Gasteiger partial charge in [0.1, 0.15) is 12.4 Å². The lowest BCUT2D eigenvalue weighted by Gasteiger charge is -2.07. The van der Waals surface area contributed by atoms with Gasteiger partial charge in [-0.2, -0.15) is 0 Å². The van der Waals surface area contributed by atoms with Crippen LogP contribution in [-0.2, 0) is 18.4 Å². The Morgan fingerprint density at radius 1 is 1.48 bits per heavy atom. The third-order valence-corrected chi connectivity index (χ3v) is 3.99. The van der Waals surface area contributed by atoms with Crippen molar-refractivity contribution in [3.05, 3.63) is 39.7 Å². The second-order valence-corrected chi connectivity index (χ2v) is 5.58. The highest BCUT2D eigenvalue weighted by atomic mass is 32.2. The van der Waals surface area contributed by atoms with Gasteiger partial charge in [0.25, 0.3) is 5.69 Å². The molecule has 0 aliphatic heterocycles. The summed E-state index contributed by atoms with van der Waals surface area (Å²) in [5.41, 5.74) is 0.534. The first-order valence-corrected chi connectivity index (χ1v) is 7.47. The van der Waals surface area contributed by atoms with Crippen molar-refractivity contribution in [3.8, 4) is 5.75 Å². The van der Waals surface area contributed by atoms with Crippen LogP contribution in [0.2, 0.25) is 0 Å². The van der Waals surface area contributed by atoms with Crippen LogP contribution in [-0.4, -0.2) is 36.5 Å². The Morgan fingerprint density at radius 2 is 2.22 bits per heavy atom. The van der Waals surface area contributed by atoms with Gasteiger partial charge in [0.05, 0.1) is 10.7 Å². The Labute approximate surface area is 135 Å². The molecule has 0 aliphatic carbocycles. The third kappa shape index (κ3) is 4.19. The van der Waals surface area contributed by atoms with E-state index in [1.807, 2.05) is 0 Å². The van der Waals surface area contributed by atoms with Gasteiger partial charge in [0.2, 0.25) is 0 Å². The van der Waals surface area contributed by atoms with Gasteiger partial charge in [-0.25, -0.2) is 0 Å². The molecule has 0 unspecified atom stereocenters. The molecule has 0 atom stereocenters. The van der Waals surface area contributed by atoms with E-state index in [4.69, 9.17) is 9.84 Å². The molecule has 1 aromatic heterocycles. The summed E-state index contributed by atoms with van der Waals surface area (Å²) in [4.78, 5) is 20.9. The first-order valence-electron chi connectivity index (χ1n) is 6.49. The number of carboxylic acid groups (broad SMARTS) is 1. The summed E-state index contributed by atoms with van der Waals surface area (Å²) < 4.78 is 7.20. The van der Waals surface area contributed by atoms with Crippen molar-refractivity contribution in [2.24, 2.45) is 7.05 Å². The number of aromatic nitrogens is 3. The number of rotatable bonds is 7. The van der Waals surface area contributed by atoms with Crippen molar-refractivity contribution in [3.63, 3.8) is 0 Å². The van der Waals surface area contributed by atoms with E-state index < -0.39 is 10.9 Å². The molecule has 0 amide bonds. The number of nitrogens with zero attached hydrogens (tertiary/aromatic N) is 4. The number of nitro benzene ring substituents is 1. The average Bonchev–Trinajstić information content (AvgIpc) is 2.83. The number of aliphatic carboxylic acids is 1. The highest BCUT2D eigenvalue weighted by molar-refractivity contribution is 7.99. The molecular weight excluding hydrogens is 324 g/mol. The fraction of sp³-hybridized carbons (Fsp3) is 0.308. The van der Waals surface area contributed by atoms with Crippen molar-refractivity contribution >= 4 is 23.4 Å². The summed E-state index contributed by atoms with van der Waals surface area (Å²) in [7, 11) is 1.71. The van der Waals surface area contributed by atoms with Crippen molar-refractivity contribution in [2.45, 2.75) is 18.7 Å². The molecule has 1 N–H and O–H groups in total. The number of thioether (sulfide) groups is 1. The lowest BCUT2D eigenvalue weighted by atomic mass is 10.2. The molecule has 122 valence electrons. The van der Waals surface area contributed by atoms with Gasteiger partial charge < -0.3 is 14.4 Å². The minimum atomic E-state index is -0.933. The summed E-state index contributed by atoms with van der Waals surface area (Å²) in [5.74, 6) is -0.0316. The van der Waals surface area contributed by atoms with E-state index in [1.165, 1.54) is 12.1 Å². The highest BCUT2D eigenvalue weighted by Crippen LogP contribution is 2.24. The topological polar surface area (TPSA) is 120 Å². The summed E-state index contributed by atoms with van der Waals surface area (Å²) in [6, 6.07) is 4.48. The number of ether oxygens (including phenoxy) is 1. The van der Waals surface area contributed by atoms with E-state index in [2.05, 4.69) is 10.2 Å². The van der Waals surface area contributed by atoms with Crippen LogP contribution in [0.5, 0.6) is 5.75 Å². The predicted octanol–water partition coefficient (Wildman–Crippen LogP) is 1.79. The van der Waals surface area contributed by atoms with E-state index in [0.29, 0.717) is 22.3 Å². The van der Waals surface area contributed by atoms with Gasteiger partial charge in [-0.05, 0) is 19.1 Å². The minimum Gasteiger partial charge on any atom is -0.486 e. The molecule has 0 fully saturated rings. The monoisotopic (exact) mass is 338 g/mol. The number of aryl methyl sites for hydroxylation is 1. The van der Waals surface area contributed by atoms with E-state index in [-0.39, 0.29) is 18.0 Å². The zero-order valence-corrected chi connectivity index (χ0v) is 13.2. The van der Waals surface area contributed by atoms with Crippen LogP contribution < -0.4 is 4.74 Å². The smallest absolute Gasteiger partial charge is 0.313 e. The fourth-order valence-corrected chi connectivity index (χ4v) is 2.44. The molecule has 10 heteroatoms. The minimum absolute atomic E-state index is 0.0309. The number of carbonyl (C=O) groups is 1. The molecule has 2 rings (SSSR count). The Morgan fingerprint density at radius 3 is 2.83 bits per heavy atom. The Bertz CT molecular complexity index is 746. The molecule has 2 aromatic rings. The highest BCUT2D eigenvalue weighted by Gasteiger charge is 2.13. The van der Waals surface area contributed by atoms with Gasteiger partial charge in [0.15, 0.2) is 11.0 Å². The van der Waals surface area contributed by atoms with Crippen LogP contribution in [0.1, 0.15) is 11.4 Å². The van der Waals surface area contributed by atoms with Crippen molar-refractivity contribution in [1.29, 1.82) is 0 Å². The predicted molar refractivity (Wildman–Crippen MR) is 81.5 cm³/mol. The van der Waals surface area contributed by atoms with Crippen LogP contribution >= 0.6 is 11.8 Å². The number of hydrogen-bond acceptors (Lipinski definition) is 7. The van der Waals surface area contributed by atoms with Crippen LogP contribution in [0.15, 0.2) is 23.4 Å². The van der Waals surface area contributed by atoms with E-state index >= 15 is 0 Å². The SMILES string of the molecule is Cc1cc(OCc2nnc(SCC(=O)O)n2C)ccc1[N+](=O)[O-]. The maximum atomic E-state index is 10.8. The number of hydrogen-bond donors (Lipinski definition) is 1. The standard InChI is InChI=1S/C13H14N4O5S/c1-8-5-9(3-4-10(8)17(20)21)22-6-11-14-15-13(16(11)2)23-7-12(18)19/h3-5H,6-7H2,1-2H3,(H,18,19). The van der Waals surface area contributed by atoms with Crippen LogP contribution in [0.3, 0.4) is 0 Å². The van der Waals surface area contributed by atoms with Gasteiger partial charge in [0, 0.05) is 18.7 Å². The maximum Gasteiger partial charge on any atom is 0.313 e. The van der Waals surface area contributed by atoms with Gasteiger partial charge in [-0.15, -0.1) is 10.2 Å². The summed E-state index contributed by atoms with van der Waals surface area (Å²) in [6.45, 7) is 1.75. The molecule has 0 bridgehead atoms. The molecule has 0 saturated carbocycles. The number of benzene rings is 1. The molecule has 1 heterocycles. The summed E-state index contributed by atoms with van der Waals surface area (Å²) >= 11 is 1.06. The first-order chi connectivity index (χ1) is 10.9. The second-order valence-electron chi connectivity index (χ2n) is 4.63. The molecule has 1 aromatic carbocycles. The molecule has 23 heavy (non-hydrogen) atoms. The Kier molecular flexibility index (Phi) is 5.16. The lowest BCUT2D eigenvalue weighted by Crippen LogP contribution is -2.05. The maximum absolute atomic E-state index is 10.8. The number of carboxylic acids is 1. The normalized spacial score (nSPS) is 10.5. The first kappa shape index (κ1) is 16.7. The quantitative estimate of drug-likeness (QED) is 0.461. The van der Waals surface area contributed by atoms with Crippen molar-refractivity contribution in [2.75, 3.05) is 5.75 Å². The third-order valence-electron chi connectivity index (χ3n) is 2.98. The molecular formula is C13H14N4O5S. The molecule has 0 aliphatic rings. The molecule has 0 radical (unpaired) electrons. The lowest BCUT2D eigenvalue weighted by molar-refractivity contribution is -0.385. The Hall–Kier alpha value is -2.62. The average molecular weight is 338 g/mol. The van der Waals surface area contributed by atoms with Crippen LogP contribution in [0.25, 0.3) is 0 Å². The van der Waals surface area contributed by atoms with E-state index in [0.717, 1.165) is 11.8 Å². The second kappa shape index (κ2) is 7.09. The zero-order valence-electron chi connectivity index (χ0n) is 12.4. The van der Waals surface area contributed by atoms with Crippen LogP contribution in [0.4, 0.5) is 5.69 Å².